The van der Waals surface area contributed by atoms with E-state index in [4.69, 9.17) is 5.73 Å². The molecule has 0 unspecified atom stereocenters. The molecule has 0 amide bonds. The van der Waals surface area contributed by atoms with Crippen molar-refractivity contribution in [2.75, 3.05) is 18.1 Å². The molecule has 0 radical (unpaired) electrons. The Hall–Kier alpha value is -1.03. The van der Waals surface area contributed by atoms with E-state index in [9.17, 15) is 18.0 Å². The zero-order valence-corrected chi connectivity index (χ0v) is 16.4. The minimum atomic E-state index is -4.40. The van der Waals surface area contributed by atoms with Gasteiger partial charge in [-0.1, -0.05) is 39.8 Å². The van der Waals surface area contributed by atoms with Crippen molar-refractivity contribution in [3.63, 3.8) is 0 Å². The van der Waals surface area contributed by atoms with E-state index < -0.39 is 11.7 Å². The largest absolute Gasteiger partial charge is 0.416 e. The van der Waals surface area contributed by atoms with Gasteiger partial charge in [-0.05, 0) is 18.1 Å². The number of aryl methyl sites for hydroxylation is 1. The number of benzene rings is 1. The average Bonchev–Trinajstić information content (AvgIpc) is 3.01. The maximum Gasteiger partial charge on any atom is 0.416 e. The third-order valence-electron chi connectivity index (χ3n) is 3.32. The third-order valence-corrected chi connectivity index (χ3v) is 6.82. The fourth-order valence-corrected chi connectivity index (χ4v) is 5.13. The number of halogens is 3. The Morgan fingerprint density at radius 2 is 1.96 bits per heavy atom. The standard InChI is InChI=1S/C17H19F3N2OS3/c18-17(19,20)13-3-1-2-12(8-13)9-14(23)10-16-22-11-15(26-16)4-6-24-25-7-5-21/h1-3,8,11H,4-7,9-10,21H2. The van der Waals surface area contributed by atoms with Gasteiger partial charge in [-0.25, -0.2) is 4.98 Å². The summed E-state index contributed by atoms with van der Waals surface area (Å²) in [6.07, 6.45) is -1.63. The van der Waals surface area contributed by atoms with Crippen LogP contribution in [0.25, 0.3) is 0 Å². The number of alkyl halides is 3. The molecule has 0 saturated carbocycles. The molecular weight excluding hydrogens is 401 g/mol. The number of hydrogen-bond acceptors (Lipinski definition) is 6. The van der Waals surface area contributed by atoms with E-state index in [-0.39, 0.29) is 18.6 Å². The average molecular weight is 421 g/mol. The molecule has 2 rings (SSSR count). The molecule has 26 heavy (non-hydrogen) atoms. The Morgan fingerprint density at radius 3 is 2.69 bits per heavy atom. The third kappa shape index (κ3) is 7.30. The lowest BCUT2D eigenvalue weighted by Crippen LogP contribution is -2.09. The first kappa shape index (κ1) is 21.3. The summed E-state index contributed by atoms with van der Waals surface area (Å²) in [5.41, 5.74) is 5.06. The quantitative estimate of drug-likeness (QED) is 0.456. The number of aromatic nitrogens is 1. The van der Waals surface area contributed by atoms with Crippen LogP contribution in [0.4, 0.5) is 13.2 Å². The second-order valence-corrected chi connectivity index (χ2v) is 9.40. The van der Waals surface area contributed by atoms with Crippen LogP contribution in [-0.4, -0.2) is 28.8 Å². The SMILES string of the molecule is NCCSSCCc1cnc(CC(=O)Cc2cccc(C(F)(F)F)c2)s1. The van der Waals surface area contributed by atoms with Crippen LogP contribution in [0.1, 0.15) is 21.0 Å². The van der Waals surface area contributed by atoms with Crippen LogP contribution in [-0.2, 0) is 30.2 Å². The predicted molar refractivity (Wildman–Crippen MR) is 104 cm³/mol. The van der Waals surface area contributed by atoms with Gasteiger partial charge in [0.2, 0.25) is 0 Å². The second kappa shape index (κ2) is 10.3. The molecule has 1 aromatic carbocycles. The summed E-state index contributed by atoms with van der Waals surface area (Å²) in [4.78, 5) is 17.5. The van der Waals surface area contributed by atoms with Gasteiger partial charge >= 0.3 is 6.18 Å². The van der Waals surface area contributed by atoms with Crippen molar-refractivity contribution in [3.05, 3.63) is 51.5 Å². The van der Waals surface area contributed by atoms with Gasteiger partial charge in [0.15, 0.2) is 0 Å². The molecule has 9 heteroatoms. The van der Waals surface area contributed by atoms with Crippen LogP contribution < -0.4 is 5.73 Å². The molecule has 2 aromatic rings. The van der Waals surface area contributed by atoms with Crippen LogP contribution in [0.15, 0.2) is 30.5 Å². The highest BCUT2D eigenvalue weighted by Crippen LogP contribution is 2.29. The second-order valence-electron chi connectivity index (χ2n) is 5.49. The molecule has 2 N–H and O–H groups in total. The Morgan fingerprint density at radius 1 is 1.19 bits per heavy atom. The van der Waals surface area contributed by atoms with Gasteiger partial charge < -0.3 is 5.73 Å². The normalized spacial score (nSPS) is 11.7. The Labute approximate surface area is 162 Å². The van der Waals surface area contributed by atoms with E-state index in [0.29, 0.717) is 17.1 Å². The van der Waals surface area contributed by atoms with E-state index in [1.54, 1.807) is 27.8 Å². The predicted octanol–water partition coefficient (Wildman–Crippen LogP) is 4.40. The van der Waals surface area contributed by atoms with Gasteiger partial charge in [0, 0.05) is 35.5 Å². The molecule has 0 spiro atoms. The smallest absolute Gasteiger partial charge is 0.330 e. The van der Waals surface area contributed by atoms with Crippen molar-refractivity contribution >= 4 is 38.7 Å². The summed E-state index contributed by atoms with van der Waals surface area (Å²) in [5.74, 6) is 1.73. The monoisotopic (exact) mass is 420 g/mol. The van der Waals surface area contributed by atoms with E-state index in [0.717, 1.165) is 34.9 Å². The summed E-state index contributed by atoms with van der Waals surface area (Å²) in [6, 6.07) is 4.90. The molecule has 0 fully saturated rings. The first-order valence-electron chi connectivity index (χ1n) is 7.94. The zero-order chi connectivity index (χ0) is 19.0. The molecule has 1 heterocycles. The lowest BCUT2D eigenvalue weighted by Gasteiger charge is -2.08. The molecule has 3 nitrogen and oxygen atoms in total. The van der Waals surface area contributed by atoms with Crippen molar-refractivity contribution in [2.45, 2.75) is 25.4 Å². The van der Waals surface area contributed by atoms with Gasteiger partial charge in [0.1, 0.15) is 10.8 Å². The topological polar surface area (TPSA) is 56.0 Å². The van der Waals surface area contributed by atoms with Crippen molar-refractivity contribution in [2.24, 2.45) is 5.73 Å². The van der Waals surface area contributed by atoms with E-state index in [1.165, 1.54) is 23.5 Å². The lowest BCUT2D eigenvalue weighted by molar-refractivity contribution is -0.137. The summed E-state index contributed by atoms with van der Waals surface area (Å²) in [7, 11) is 3.49. The maximum absolute atomic E-state index is 12.7. The summed E-state index contributed by atoms with van der Waals surface area (Å²) in [6.45, 7) is 0.663. The first-order valence-corrected chi connectivity index (χ1v) is 11.2. The first-order chi connectivity index (χ1) is 12.4. The molecular formula is C17H19F3N2OS3. The van der Waals surface area contributed by atoms with Gasteiger partial charge in [-0.15, -0.1) is 11.3 Å². The van der Waals surface area contributed by atoms with Gasteiger partial charge in [0.25, 0.3) is 0 Å². The number of thiazole rings is 1. The van der Waals surface area contributed by atoms with Gasteiger partial charge in [-0.3, -0.25) is 4.79 Å². The van der Waals surface area contributed by atoms with E-state index in [2.05, 4.69) is 4.98 Å². The summed E-state index contributed by atoms with van der Waals surface area (Å²) in [5, 5.41) is 0.705. The molecule has 0 aliphatic carbocycles. The van der Waals surface area contributed by atoms with Crippen LogP contribution in [0.2, 0.25) is 0 Å². The Kier molecular flexibility index (Phi) is 8.46. The van der Waals surface area contributed by atoms with Crippen LogP contribution in [0, 0.1) is 0 Å². The van der Waals surface area contributed by atoms with Crippen LogP contribution >= 0.6 is 32.9 Å². The minimum Gasteiger partial charge on any atom is -0.330 e. The van der Waals surface area contributed by atoms with Gasteiger partial charge in [-0.2, -0.15) is 13.2 Å². The van der Waals surface area contributed by atoms with Crippen molar-refractivity contribution in [3.8, 4) is 0 Å². The molecule has 0 bridgehead atoms. The number of rotatable bonds is 10. The van der Waals surface area contributed by atoms with Gasteiger partial charge in [0.05, 0.1) is 12.0 Å². The summed E-state index contributed by atoms with van der Waals surface area (Å²) < 4.78 is 38.2. The molecule has 0 atom stereocenters. The number of nitrogens with two attached hydrogens (primary N) is 1. The highest BCUT2D eigenvalue weighted by atomic mass is 33.1. The number of carbonyl (C=O) groups excluding carboxylic acids is 1. The molecule has 0 saturated heterocycles. The molecule has 0 aliphatic rings. The molecule has 0 aliphatic heterocycles. The highest BCUT2D eigenvalue weighted by molar-refractivity contribution is 8.76. The van der Waals surface area contributed by atoms with E-state index >= 15 is 0 Å². The number of ketones is 1. The number of Topliss-reactive ketones (excluding diaryl/α,β-unsaturated/α-hetero) is 1. The number of nitrogens with zero attached hydrogens (tertiary/aromatic N) is 1. The van der Waals surface area contributed by atoms with Crippen molar-refractivity contribution in [1.82, 2.24) is 4.98 Å². The summed E-state index contributed by atoms with van der Waals surface area (Å²) >= 11 is 1.48. The van der Waals surface area contributed by atoms with Crippen LogP contribution in [0.3, 0.4) is 0 Å². The Bertz CT molecular complexity index is 719. The fourth-order valence-electron chi connectivity index (χ4n) is 2.17. The number of hydrogen-bond donors (Lipinski definition) is 1. The fraction of sp³-hybridized carbons (Fsp3) is 0.412. The zero-order valence-electron chi connectivity index (χ0n) is 13.9. The maximum atomic E-state index is 12.7. The van der Waals surface area contributed by atoms with Crippen LogP contribution in [0.5, 0.6) is 0 Å². The number of carbonyl (C=O) groups is 1. The molecule has 1 aromatic heterocycles. The van der Waals surface area contributed by atoms with Crippen molar-refractivity contribution in [1.29, 1.82) is 0 Å². The Balaban J connectivity index is 1.83. The van der Waals surface area contributed by atoms with Crippen molar-refractivity contribution < 1.29 is 18.0 Å². The lowest BCUT2D eigenvalue weighted by atomic mass is 10.0. The van der Waals surface area contributed by atoms with E-state index in [1.807, 2.05) is 0 Å². The minimum absolute atomic E-state index is 0.0234. The highest BCUT2D eigenvalue weighted by Gasteiger charge is 2.30. The molecule has 142 valence electrons.